The molecule has 0 aromatic carbocycles. The van der Waals surface area contributed by atoms with Gasteiger partial charge in [0.1, 0.15) is 13.2 Å². The van der Waals surface area contributed by atoms with E-state index in [-0.39, 0.29) is 11.4 Å². The highest BCUT2D eigenvalue weighted by atomic mass is 16.5. The summed E-state index contributed by atoms with van der Waals surface area (Å²) in [6, 6.07) is 0. The molecule has 0 unspecified atom stereocenters. The van der Waals surface area contributed by atoms with E-state index < -0.39 is 0 Å². The number of carbonyl (C=O) groups excluding carboxylic acids is 1. The van der Waals surface area contributed by atoms with Crippen molar-refractivity contribution in [3.05, 3.63) is 0 Å². The lowest BCUT2D eigenvalue weighted by Crippen LogP contribution is -2.50. The van der Waals surface area contributed by atoms with Crippen molar-refractivity contribution in [2.45, 2.75) is 46.5 Å². The third-order valence-electron chi connectivity index (χ3n) is 4.20. The highest BCUT2D eigenvalue weighted by molar-refractivity contribution is 5.75. The largest absolute Gasteiger partial charge is 0.459 e. The minimum absolute atomic E-state index is 0.0522. The first-order valence-electron chi connectivity index (χ1n) is 6.90. The predicted molar refractivity (Wildman–Crippen MR) is 69.7 cm³/mol. The van der Waals surface area contributed by atoms with Gasteiger partial charge in [-0.2, -0.15) is 0 Å². The van der Waals surface area contributed by atoms with Crippen molar-refractivity contribution < 1.29 is 14.0 Å². The summed E-state index contributed by atoms with van der Waals surface area (Å²) in [6.45, 7) is 9.92. The van der Waals surface area contributed by atoms with Crippen molar-refractivity contribution >= 4 is 5.97 Å². The lowest BCUT2D eigenvalue weighted by molar-refractivity contribution is -0.914. The van der Waals surface area contributed by atoms with Gasteiger partial charge in [-0.05, 0) is 39.5 Å². The number of likely N-dealkylation sites (N-methyl/N-ethyl adjacent to an activating group) is 1. The Morgan fingerprint density at radius 3 is 2.35 bits per heavy atom. The standard InChI is InChI=1S/C14H28NO2/c1-5-14(2,3)13(16)17-12-11-15(4)9-7-6-8-10-15/h5-12H2,1-4H3/q+1. The van der Waals surface area contributed by atoms with Crippen LogP contribution in [0.15, 0.2) is 0 Å². The SMILES string of the molecule is CCC(C)(C)C(=O)OCC[N+]1(C)CCCCC1. The number of rotatable bonds is 5. The van der Waals surface area contributed by atoms with E-state index in [1.807, 2.05) is 20.8 Å². The van der Waals surface area contributed by atoms with Gasteiger partial charge < -0.3 is 9.22 Å². The Morgan fingerprint density at radius 1 is 1.24 bits per heavy atom. The van der Waals surface area contributed by atoms with Crippen molar-refractivity contribution in [2.75, 3.05) is 33.3 Å². The molecule has 17 heavy (non-hydrogen) atoms. The zero-order valence-corrected chi connectivity index (χ0v) is 11.9. The third kappa shape index (κ3) is 4.30. The first-order valence-corrected chi connectivity index (χ1v) is 6.90. The van der Waals surface area contributed by atoms with E-state index in [1.165, 1.54) is 32.4 Å². The molecule has 3 heteroatoms. The lowest BCUT2D eigenvalue weighted by Gasteiger charge is -2.37. The second-order valence-electron chi connectivity index (χ2n) is 6.22. The normalized spacial score (nSPS) is 20.0. The zero-order valence-electron chi connectivity index (χ0n) is 11.9. The average Bonchev–Trinajstić information content (AvgIpc) is 2.29. The summed E-state index contributed by atoms with van der Waals surface area (Å²) < 4.78 is 6.48. The maximum absolute atomic E-state index is 11.8. The van der Waals surface area contributed by atoms with E-state index in [0.717, 1.165) is 17.4 Å². The minimum Gasteiger partial charge on any atom is -0.459 e. The molecular formula is C14H28NO2+. The van der Waals surface area contributed by atoms with Gasteiger partial charge in [-0.25, -0.2) is 0 Å². The number of esters is 1. The first-order chi connectivity index (χ1) is 7.90. The van der Waals surface area contributed by atoms with Crippen LogP contribution >= 0.6 is 0 Å². The van der Waals surface area contributed by atoms with Crippen molar-refractivity contribution in [1.29, 1.82) is 0 Å². The van der Waals surface area contributed by atoms with Crippen LogP contribution in [0.1, 0.15) is 46.5 Å². The maximum Gasteiger partial charge on any atom is 0.311 e. The number of ether oxygens (including phenoxy) is 1. The lowest BCUT2D eigenvalue weighted by atomic mass is 9.91. The van der Waals surface area contributed by atoms with Crippen LogP contribution in [0.4, 0.5) is 0 Å². The van der Waals surface area contributed by atoms with Gasteiger partial charge in [0.25, 0.3) is 0 Å². The van der Waals surface area contributed by atoms with Gasteiger partial charge in [0.2, 0.25) is 0 Å². The molecule has 0 bridgehead atoms. The van der Waals surface area contributed by atoms with Crippen LogP contribution in [0.3, 0.4) is 0 Å². The Bertz CT molecular complexity index is 255. The van der Waals surface area contributed by atoms with Crippen LogP contribution in [0.5, 0.6) is 0 Å². The molecule has 1 aliphatic rings. The van der Waals surface area contributed by atoms with Gasteiger partial charge in [0.05, 0.1) is 25.6 Å². The molecule has 0 aliphatic carbocycles. The van der Waals surface area contributed by atoms with Gasteiger partial charge in [-0.3, -0.25) is 4.79 Å². The Labute approximate surface area is 106 Å². The molecule has 0 amide bonds. The number of quaternary nitrogens is 1. The molecule has 0 N–H and O–H groups in total. The van der Waals surface area contributed by atoms with Crippen LogP contribution < -0.4 is 0 Å². The number of nitrogens with zero attached hydrogens (tertiary/aromatic N) is 1. The van der Waals surface area contributed by atoms with Crippen molar-refractivity contribution in [2.24, 2.45) is 5.41 Å². The molecule has 3 nitrogen and oxygen atoms in total. The van der Waals surface area contributed by atoms with Crippen LogP contribution in [-0.2, 0) is 9.53 Å². The van der Waals surface area contributed by atoms with Crippen LogP contribution in [-0.4, -0.2) is 43.7 Å². The van der Waals surface area contributed by atoms with E-state index in [0.29, 0.717) is 6.61 Å². The molecule has 0 atom stereocenters. The number of piperidine rings is 1. The minimum atomic E-state index is -0.333. The van der Waals surface area contributed by atoms with Crippen molar-refractivity contribution in [1.82, 2.24) is 0 Å². The molecule has 0 radical (unpaired) electrons. The molecule has 100 valence electrons. The van der Waals surface area contributed by atoms with Gasteiger partial charge in [0.15, 0.2) is 0 Å². The van der Waals surface area contributed by atoms with Crippen molar-refractivity contribution in [3.8, 4) is 0 Å². The summed E-state index contributed by atoms with van der Waals surface area (Å²) in [4.78, 5) is 11.8. The molecular weight excluding hydrogens is 214 g/mol. The second kappa shape index (κ2) is 5.85. The molecule has 0 aromatic heterocycles. The van der Waals surface area contributed by atoms with E-state index in [9.17, 15) is 4.79 Å². The Kier molecular flexibility index (Phi) is 4.99. The van der Waals surface area contributed by atoms with Gasteiger partial charge >= 0.3 is 5.97 Å². The van der Waals surface area contributed by atoms with Crippen LogP contribution in [0.2, 0.25) is 0 Å². The summed E-state index contributed by atoms with van der Waals surface area (Å²) in [5.74, 6) is -0.0522. The molecule has 1 saturated heterocycles. The molecule has 1 aliphatic heterocycles. The van der Waals surface area contributed by atoms with Crippen LogP contribution in [0.25, 0.3) is 0 Å². The first kappa shape index (κ1) is 14.5. The fourth-order valence-corrected chi connectivity index (χ4v) is 2.20. The molecule has 0 aromatic rings. The summed E-state index contributed by atoms with van der Waals surface area (Å²) in [7, 11) is 2.28. The topological polar surface area (TPSA) is 26.3 Å². The smallest absolute Gasteiger partial charge is 0.311 e. The number of hydrogen-bond acceptors (Lipinski definition) is 2. The number of likely N-dealkylation sites (tertiary alicyclic amines) is 1. The maximum atomic E-state index is 11.8. The van der Waals surface area contributed by atoms with E-state index >= 15 is 0 Å². The molecule has 1 heterocycles. The van der Waals surface area contributed by atoms with Crippen molar-refractivity contribution in [3.63, 3.8) is 0 Å². The Morgan fingerprint density at radius 2 is 1.82 bits per heavy atom. The molecule has 1 fully saturated rings. The van der Waals surface area contributed by atoms with E-state index in [4.69, 9.17) is 4.74 Å². The fourth-order valence-electron chi connectivity index (χ4n) is 2.20. The Balaban J connectivity index is 2.30. The third-order valence-corrected chi connectivity index (χ3v) is 4.20. The fraction of sp³-hybridized carbons (Fsp3) is 0.929. The zero-order chi connectivity index (χ0) is 12.9. The summed E-state index contributed by atoms with van der Waals surface area (Å²) in [5, 5.41) is 0. The summed E-state index contributed by atoms with van der Waals surface area (Å²) in [5.41, 5.74) is -0.333. The number of hydrogen-bond donors (Lipinski definition) is 0. The Hall–Kier alpha value is -0.570. The van der Waals surface area contributed by atoms with Crippen LogP contribution in [0, 0.1) is 5.41 Å². The van der Waals surface area contributed by atoms with Gasteiger partial charge in [-0.15, -0.1) is 0 Å². The van der Waals surface area contributed by atoms with Gasteiger partial charge in [0, 0.05) is 0 Å². The quantitative estimate of drug-likeness (QED) is 0.547. The van der Waals surface area contributed by atoms with E-state index in [1.54, 1.807) is 0 Å². The van der Waals surface area contributed by atoms with E-state index in [2.05, 4.69) is 7.05 Å². The monoisotopic (exact) mass is 242 g/mol. The average molecular weight is 242 g/mol. The highest BCUT2D eigenvalue weighted by Gasteiger charge is 2.29. The molecule has 0 spiro atoms. The number of carbonyl (C=O) groups is 1. The second-order valence-corrected chi connectivity index (χ2v) is 6.22. The highest BCUT2D eigenvalue weighted by Crippen LogP contribution is 2.22. The summed E-state index contributed by atoms with van der Waals surface area (Å²) in [6.07, 6.45) is 4.81. The summed E-state index contributed by atoms with van der Waals surface area (Å²) >= 11 is 0. The molecule has 1 rings (SSSR count). The predicted octanol–water partition coefficient (Wildman–Crippen LogP) is 2.60. The molecule has 0 saturated carbocycles. The van der Waals surface area contributed by atoms with Gasteiger partial charge in [-0.1, -0.05) is 6.92 Å².